The molecule has 1 N–H and O–H groups in total. The van der Waals surface area contributed by atoms with Crippen molar-refractivity contribution in [1.29, 1.82) is 0 Å². The molecule has 0 bridgehead atoms. The third-order valence-corrected chi connectivity index (χ3v) is 5.86. The Labute approximate surface area is 220 Å². The van der Waals surface area contributed by atoms with Crippen molar-refractivity contribution in [3.8, 4) is 17.2 Å². The number of nitrogens with one attached hydrogen (secondary N) is 1. The molecule has 0 heterocycles. The molecule has 6 nitrogen and oxygen atoms in total. The maximum Gasteiger partial charge on any atom is 0.277 e. The Balaban J connectivity index is 1.62. The molecule has 0 radical (unpaired) electrons. The van der Waals surface area contributed by atoms with E-state index >= 15 is 0 Å². The zero-order valence-electron chi connectivity index (χ0n) is 18.0. The number of halogens is 4. The molecule has 1 amide bonds. The van der Waals surface area contributed by atoms with Gasteiger partial charge in [0.15, 0.2) is 18.1 Å². The molecule has 0 aromatic heterocycles. The predicted molar refractivity (Wildman–Crippen MR) is 139 cm³/mol. The zero-order valence-corrected chi connectivity index (χ0v) is 21.8. The molecule has 0 aliphatic heterocycles. The Hall–Kier alpha value is -2.45. The van der Waals surface area contributed by atoms with E-state index in [-0.39, 0.29) is 13.2 Å². The number of hydrazone groups is 1. The van der Waals surface area contributed by atoms with Gasteiger partial charge in [-0.15, -0.1) is 0 Å². The van der Waals surface area contributed by atoms with Crippen LogP contribution in [0.2, 0.25) is 15.1 Å². The zero-order chi connectivity index (χ0) is 24.5. The highest BCUT2D eigenvalue weighted by Crippen LogP contribution is 2.34. The first-order valence-corrected chi connectivity index (χ1v) is 12.0. The summed E-state index contributed by atoms with van der Waals surface area (Å²) in [6, 6.07) is 15.4. The summed E-state index contributed by atoms with van der Waals surface area (Å²) in [6.07, 6.45) is 1.49. The van der Waals surface area contributed by atoms with Crippen LogP contribution in [0.25, 0.3) is 0 Å². The molecule has 0 aliphatic carbocycles. The van der Waals surface area contributed by atoms with Gasteiger partial charge in [0.05, 0.1) is 12.8 Å². The first kappa shape index (κ1) is 26.2. The third-order valence-electron chi connectivity index (χ3n) is 4.34. The van der Waals surface area contributed by atoms with Crippen molar-refractivity contribution in [3.05, 3.63) is 85.3 Å². The average molecular weight is 587 g/mol. The van der Waals surface area contributed by atoms with E-state index in [1.54, 1.807) is 54.6 Å². The van der Waals surface area contributed by atoms with E-state index in [2.05, 4.69) is 26.5 Å². The van der Waals surface area contributed by atoms with Crippen LogP contribution in [0.15, 0.2) is 64.2 Å². The van der Waals surface area contributed by atoms with Gasteiger partial charge in [0.2, 0.25) is 0 Å². The molecular weight excluding hydrogens is 567 g/mol. The largest absolute Gasteiger partial charge is 0.490 e. The van der Waals surface area contributed by atoms with Crippen LogP contribution in [0.5, 0.6) is 17.2 Å². The van der Waals surface area contributed by atoms with Crippen molar-refractivity contribution in [2.24, 2.45) is 5.10 Å². The standard InChI is InChI=1S/C24H20BrCl3N2O4/c1-2-32-22-9-16(12-29-30-24(31)14-33-19-7-5-17(26)6-8-19)20(25)11-23(22)34-13-15-3-4-18(27)10-21(15)28/h3-12H,2,13-14H2,1H3,(H,30,31)/b29-12-. The molecule has 34 heavy (non-hydrogen) atoms. The quantitative estimate of drug-likeness (QED) is 0.207. The predicted octanol–water partition coefficient (Wildman–Crippen LogP) is 6.92. The lowest BCUT2D eigenvalue weighted by atomic mass is 10.2. The Morgan fingerprint density at radius 2 is 1.68 bits per heavy atom. The van der Waals surface area contributed by atoms with Gasteiger partial charge in [0, 0.05) is 30.7 Å². The highest BCUT2D eigenvalue weighted by atomic mass is 79.9. The summed E-state index contributed by atoms with van der Waals surface area (Å²) in [6.45, 7) is 2.36. The van der Waals surface area contributed by atoms with Crippen molar-refractivity contribution in [1.82, 2.24) is 5.43 Å². The molecule has 3 aromatic carbocycles. The Morgan fingerprint density at radius 3 is 2.38 bits per heavy atom. The van der Waals surface area contributed by atoms with Crippen LogP contribution in [0.3, 0.4) is 0 Å². The number of carbonyl (C=O) groups is 1. The molecule has 0 saturated carbocycles. The number of carbonyl (C=O) groups excluding carboxylic acids is 1. The molecule has 10 heteroatoms. The molecule has 3 rings (SSSR count). The first-order chi connectivity index (χ1) is 16.4. The van der Waals surface area contributed by atoms with Crippen molar-refractivity contribution < 1.29 is 19.0 Å². The number of hydrogen-bond acceptors (Lipinski definition) is 5. The van der Waals surface area contributed by atoms with Crippen LogP contribution in [-0.2, 0) is 11.4 Å². The smallest absolute Gasteiger partial charge is 0.277 e. The van der Waals surface area contributed by atoms with E-state index in [0.717, 1.165) is 5.56 Å². The highest BCUT2D eigenvalue weighted by Gasteiger charge is 2.12. The normalized spacial score (nSPS) is 10.9. The lowest BCUT2D eigenvalue weighted by Crippen LogP contribution is -2.24. The van der Waals surface area contributed by atoms with E-state index in [9.17, 15) is 4.79 Å². The second kappa shape index (κ2) is 12.9. The Morgan fingerprint density at radius 1 is 0.971 bits per heavy atom. The van der Waals surface area contributed by atoms with Gasteiger partial charge >= 0.3 is 0 Å². The van der Waals surface area contributed by atoms with Crippen molar-refractivity contribution in [2.45, 2.75) is 13.5 Å². The maximum atomic E-state index is 12.0. The lowest BCUT2D eigenvalue weighted by molar-refractivity contribution is -0.123. The summed E-state index contributed by atoms with van der Waals surface area (Å²) in [4.78, 5) is 12.0. The van der Waals surface area contributed by atoms with Gasteiger partial charge in [-0.1, -0.05) is 40.9 Å². The molecule has 3 aromatic rings. The van der Waals surface area contributed by atoms with E-state index in [4.69, 9.17) is 49.0 Å². The van der Waals surface area contributed by atoms with E-state index in [1.165, 1.54) is 6.21 Å². The minimum atomic E-state index is -0.410. The average Bonchev–Trinajstić information content (AvgIpc) is 2.80. The van der Waals surface area contributed by atoms with Crippen LogP contribution >= 0.6 is 50.7 Å². The molecule has 0 unspecified atom stereocenters. The Bertz CT molecular complexity index is 1170. The summed E-state index contributed by atoms with van der Waals surface area (Å²) in [7, 11) is 0. The van der Waals surface area contributed by atoms with Gasteiger partial charge in [-0.3, -0.25) is 4.79 Å². The molecule has 178 valence electrons. The number of benzene rings is 3. The molecule has 0 saturated heterocycles. The van der Waals surface area contributed by atoms with Crippen LogP contribution in [0, 0.1) is 0 Å². The number of rotatable bonds is 10. The van der Waals surface area contributed by atoms with Gasteiger partial charge in [-0.05, 0) is 71.4 Å². The SMILES string of the molecule is CCOc1cc(/C=N\NC(=O)COc2ccc(Cl)cc2)c(Br)cc1OCc1ccc(Cl)cc1Cl. The minimum Gasteiger partial charge on any atom is -0.490 e. The highest BCUT2D eigenvalue weighted by molar-refractivity contribution is 9.10. The van der Waals surface area contributed by atoms with Gasteiger partial charge in [0.1, 0.15) is 12.4 Å². The van der Waals surface area contributed by atoms with E-state index in [0.29, 0.717) is 49.0 Å². The van der Waals surface area contributed by atoms with Crippen molar-refractivity contribution in [2.75, 3.05) is 13.2 Å². The summed E-state index contributed by atoms with van der Waals surface area (Å²) >= 11 is 21.5. The van der Waals surface area contributed by atoms with E-state index in [1.807, 2.05) is 6.92 Å². The fourth-order valence-electron chi connectivity index (χ4n) is 2.71. The van der Waals surface area contributed by atoms with E-state index < -0.39 is 5.91 Å². The van der Waals surface area contributed by atoms with Gasteiger partial charge in [0.25, 0.3) is 5.91 Å². The topological polar surface area (TPSA) is 69.2 Å². The number of amides is 1. The second-order valence-corrected chi connectivity index (χ2v) is 8.95. The van der Waals surface area contributed by atoms with Crippen LogP contribution in [-0.4, -0.2) is 25.3 Å². The lowest BCUT2D eigenvalue weighted by Gasteiger charge is -2.14. The van der Waals surface area contributed by atoms with Crippen LogP contribution < -0.4 is 19.6 Å². The van der Waals surface area contributed by atoms with Crippen LogP contribution in [0.4, 0.5) is 0 Å². The molecule has 0 aliphatic rings. The fourth-order valence-corrected chi connectivity index (χ4v) is 3.72. The second-order valence-electron chi connectivity index (χ2n) is 6.81. The summed E-state index contributed by atoms with van der Waals surface area (Å²) < 4.78 is 17.7. The minimum absolute atomic E-state index is 0.190. The summed E-state index contributed by atoms with van der Waals surface area (Å²) in [5.74, 6) is 1.17. The number of hydrogen-bond donors (Lipinski definition) is 1. The van der Waals surface area contributed by atoms with Crippen molar-refractivity contribution >= 4 is 62.9 Å². The van der Waals surface area contributed by atoms with Crippen LogP contribution in [0.1, 0.15) is 18.1 Å². The molecule has 0 fully saturated rings. The maximum absolute atomic E-state index is 12.0. The molecule has 0 spiro atoms. The van der Waals surface area contributed by atoms with Gasteiger partial charge < -0.3 is 14.2 Å². The molecule has 0 atom stereocenters. The van der Waals surface area contributed by atoms with Gasteiger partial charge in [-0.2, -0.15) is 5.10 Å². The monoisotopic (exact) mass is 584 g/mol. The summed E-state index contributed by atoms with van der Waals surface area (Å²) in [5, 5.41) is 5.65. The number of nitrogens with zero attached hydrogens (tertiary/aromatic N) is 1. The third kappa shape index (κ3) is 7.81. The molecular formula is C24H20BrCl3N2O4. The fraction of sp³-hybridized carbons (Fsp3) is 0.167. The van der Waals surface area contributed by atoms with Gasteiger partial charge in [-0.25, -0.2) is 5.43 Å². The Kier molecular flexibility index (Phi) is 9.89. The first-order valence-electron chi connectivity index (χ1n) is 10.1. The summed E-state index contributed by atoms with van der Waals surface area (Å²) in [5.41, 5.74) is 3.90. The number of ether oxygens (including phenoxy) is 3. The van der Waals surface area contributed by atoms with Crippen molar-refractivity contribution in [3.63, 3.8) is 0 Å².